The summed E-state index contributed by atoms with van der Waals surface area (Å²) in [5.41, 5.74) is -2.66. The van der Waals surface area contributed by atoms with Crippen LogP contribution in [0.2, 0.25) is 0 Å². The number of pyridine rings is 2. The molecule has 1 amide bonds. The molecule has 4 heterocycles. The number of halogens is 6. The molecule has 0 aromatic carbocycles. The Balaban J connectivity index is 1.65. The lowest BCUT2D eigenvalue weighted by atomic mass is 10.1. The van der Waals surface area contributed by atoms with Crippen molar-refractivity contribution in [3.05, 3.63) is 54.0 Å². The van der Waals surface area contributed by atoms with Crippen molar-refractivity contribution in [1.29, 1.82) is 0 Å². The lowest BCUT2D eigenvalue weighted by molar-refractivity contribution is -0.138. The molecule has 198 valence electrons. The van der Waals surface area contributed by atoms with Gasteiger partial charge in [0.15, 0.2) is 5.65 Å². The third-order valence-electron chi connectivity index (χ3n) is 5.06. The van der Waals surface area contributed by atoms with Gasteiger partial charge in [0.25, 0.3) is 0 Å². The third-order valence-corrected chi connectivity index (χ3v) is 5.06. The molecule has 38 heavy (non-hydrogen) atoms. The minimum absolute atomic E-state index is 0.0619. The van der Waals surface area contributed by atoms with E-state index in [2.05, 4.69) is 40.8 Å². The van der Waals surface area contributed by atoms with Gasteiger partial charge in [-0.2, -0.15) is 26.3 Å². The van der Waals surface area contributed by atoms with Crippen LogP contribution in [0.4, 0.5) is 43.7 Å². The van der Waals surface area contributed by atoms with Gasteiger partial charge in [0.1, 0.15) is 28.5 Å². The highest BCUT2D eigenvalue weighted by atomic mass is 19.4. The molecular formula is C22H17F6N9O. The Labute approximate surface area is 210 Å². The standard InChI is InChI=1S/C22H17F6N9O/c1-37(2)17(38)10-31-16-7-12(22(26,27)28)18(36-35-16)14-9-32-19-13(5-6-29-20(19)34-14)33-15-4-3-11(8-30-15)21(23,24)25/h3-9H,10H2,1-2H3,(H,31,35)(H,29,30,33,34). The topological polar surface area (TPSA) is 122 Å². The zero-order valence-corrected chi connectivity index (χ0v) is 19.6. The summed E-state index contributed by atoms with van der Waals surface area (Å²) in [6, 6.07) is 4.11. The largest absolute Gasteiger partial charge is 0.418 e. The number of hydrogen-bond donors (Lipinski definition) is 2. The first-order valence-electron chi connectivity index (χ1n) is 10.6. The predicted molar refractivity (Wildman–Crippen MR) is 123 cm³/mol. The molecule has 0 bridgehead atoms. The molecule has 0 aliphatic carbocycles. The molecule has 10 nitrogen and oxygen atoms in total. The molecule has 0 fully saturated rings. The van der Waals surface area contributed by atoms with Gasteiger partial charge >= 0.3 is 12.4 Å². The highest BCUT2D eigenvalue weighted by molar-refractivity contribution is 5.87. The van der Waals surface area contributed by atoms with Gasteiger partial charge in [0.2, 0.25) is 5.91 Å². The minimum atomic E-state index is -4.84. The van der Waals surface area contributed by atoms with E-state index in [0.29, 0.717) is 12.3 Å². The zero-order valence-electron chi connectivity index (χ0n) is 19.6. The van der Waals surface area contributed by atoms with Crippen molar-refractivity contribution >= 4 is 34.4 Å². The van der Waals surface area contributed by atoms with Crippen LogP contribution in [0.25, 0.3) is 22.6 Å². The van der Waals surface area contributed by atoms with Crippen molar-refractivity contribution in [3.63, 3.8) is 0 Å². The quantitative estimate of drug-likeness (QED) is 0.349. The van der Waals surface area contributed by atoms with E-state index < -0.39 is 29.2 Å². The van der Waals surface area contributed by atoms with Crippen LogP contribution in [0, 0.1) is 0 Å². The Morgan fingerprint density at radius 3 is 2.32 bits per heavy atom. The summed E-state index contributed by atoms with van der Waals surface area (Å²) in [5, 5.41) is 12.7. The number of alkyl halides is 6. The van der Waals surface area contributed by atoms with Crippen LogP contribution >= 0.6 is 0 Å². The lowest BCUT2D eigenvalue weighted by Crippen LogP contribution is -2.29. The Hall–Kier alpha value is -4.63. The van der Waals surface area contributed by atoms with Gasteiger partial charge in [0, 0.05) is 26.5 Å². The first kappa shape index (κ1) is 26.4. The van der Waals surface area contributed by atoms with Crippen molar-refractivity contribution in [2.45, 2.75) is 12.4 Å². The number of anilines is 3. The molecule has 0 saturated heterocycles. The summed E-state index contributed by atoms with van der Waals surface area (Å²) in [6.45, 7) is -0.290. The number of carbonyl (C=O) groups excluding carboxylic acids is 1. The summed E-state index contributed by atoms with van der Waals surface area (Å²) in [6.07, 6.45) is -6.40. The summed E-state index contributed by atoms with van der Waals surface area (Å²) < 4.78 is 79.8. The Bertz CT molecular complexity index is 1470. The maximum atomic E-state index is 13.8. The average molecular weight is 537 g/mol. The van der Waals surface area contributed by atoms with Crippen LogP contribution in [0.15, 0.2) is 42.9 Å². The minimum Gasteiger partial charge on any atom is -0.359 e. The average Bonchev–Trinajstić information content (AvgIpc) is 2.86. The molecule has 0 atom stereocenters. The maximum absolute atomic E-state index is 13.8. The molecule has 0 aliphatic rings. The number of carbonyl (C=O) groups is 1. The molecule has 2 N–H and O–H groups in total. The van der Waals surface area contributed by atoms with E-state index in [4.69, 9.17) is 0 Å². The van der Waals surface area contributed by atoms with Gasteiger partial charge in [-0.3, -0.25) is 4.79 Å². The first-order valence-corrected chi connectivity index (χ1v) is 10.6. The second-order valence-electron chi connectivity index (χ2n) is 7.97. The molecule has 4 aromatic rings. The van der Waals surface area contributed by atoms with Gasteiger partial charge in [-0.25, -0.2) is 19.9 Å². The van der Waals surface area contributed by atoms with E-state index in [1.54, 1.807) is 0 Å². The van der Waals surface area contributed by atoms with Crippen molar-refractivity contribution < 1.29 is 31.1 Å². The van der Waals surface area contributed by atoms with Gasteiger partial charge < -0.3 is 15.5 Å². The maximum Gasteiger partial charge on any atom is 0.418 e. The van der Waals surface area contributed by atoms with E-state index >= 15 is 0 Å². The van der Waals surface area contributed by atoms with Crippen LogP contribution in [0.5, 0.6) is 0 Å². The first-order chi connectivity index (χ1) is 17.8. The Kier molecular flexibility index (Phi) is 6.97. The zero-order chi connectivity index (χ0) is 27.7. The Morgan fingerprint density at radius 1 is 0.921 bits per heavy atom. The molecule has 16 heteroatoms. The summed E-state index contributed by atoms with van der Waals surface area (Å²) in [5.74, 6) is -0.581. The van der Waals surface area contributed by atoms with Crippen LogP contribution in [-0.4, -0.2) is 61.6 Å². The highest BCUT2D eigenvalue weighted by Crippen LogP contribution is 2.36. The van der Waals surface area contributed by atoms with Crippen molar-refractivity contribution in [1.82, 2.24) is 35.0 Å². The van der Waals surface area contributed by atoms with E-state index in [0.717, 1.165) is 18.3 Å². The van der Waals surface area contributed by atoms with Crippen LogP contribution in [-0.2, 0) is 17.1 Å². The molecule has 0 saturated carbocycles. The molecule has 0 unspecified atom stereocenters. The van der Waals surface area contributed by atoms with E-state index in [1.807, 2.05) is 0 Å². The number of likely N-dealkylation sites (N-methyl/N-ethyl adjacent to an activating group) is 1. The molecule has 0 aliphatic heterocycles. The van der Waals surface area contributed by atoms with Crippen molar-refractivity contribution in [3.8, 4) is 11.4 Å². The van der Waals surface area contributed by atoms with E-state index in [-0.39, 0.29) is 46.6 Å². The molecule has 0 radical (unpaired) electrons. The number of hydrogen-bond acceptors (Lipinski definition) is 9. The number of amides is 1. The van der Waals surface area contributed by atoms with E-state index in [1.165, 1.54) is 31.3 Å². The van der Waals surface area contributed by atoms with E-state index in [9.17, 15) is 31.1 Å². The van der Waals surface area contributed by atoms with Crippen molar-refractivity contribution in [2.75, 3.05) is 31.3 Å². The summed E-state index contributed by atoms with van der Waals surface area (Å²) >= 11 is 0. The van der Waals surface area contributed by atoms with Gasteiger partial charge in [-0.1, -0.05) is 0 Å². The second kappa shape index (κ2) is 10.0. The van der Waals surface area contributed by atoms with Crippen molar-refractivity contribution in [2.24, 2.45) is 0 Å². The smallest absolute Gasteiger partial charge is 0.359 e. The number of fused-ring (bicyclic) bond motifs is 1. The Morgan fingerprint density at radius 2 is 1.68 bits per heavy atom. The SMILES string of the molecule is CN(C)C(=O)CNc1cc(C(F)(F)F)c(-c2cnc3c(Nc4ccc(C(F)(F)F)cn4)ccnc3n2)nn1. The van der Waals surface area contributed by atoms with Crippen LogP contribution in [0.1, 0.15) is 11.1 Å². The number of rotatable bonds is 6. The second-order valence-corrected chi connectivity index (χ2v) is 7.97. The normalized spacial score (nSPS) is 11.9. The van der Waals surface area contributed by atoms with Crippen LogP contribution in [0.3, 0.4) is 0 Å². The molecular weight excluding hydrogens is 520 g/mol. The van der Waals surface area contributed by atoms with Crippen LogP contribution < -0.4 is 10.6 Å². The third kappa shape index (κ3) is 5.84. The fourth-order valence-electron chi connectivity index (χ4n) is 3.12. The van der Waals surface area contributed by atoms with Gasteiger partial charge in [0.05, 0.1) is 29.6 Å². The fraction of sp³-hybridized carbons (Fsp3) is 0.227. The molecule has 0 spiro atoms. The summed E-state index contributed by atoms with van der Waals surface area (Å²) in [4.78, 5) is 29.0. The number of aromatic nitrogens is 6. The van der Waals surface area contributed by atoms with Gasteiger partial charge in [-0.05, 0) is 24.3 Å². The predicted octanol–water partition coefficient (Wildman–Crippen LogP) is 4.16. The fourth-order valence-corrected chi connectivity index (χ4v) is 3.12. The summed E-state index contributed by atoms with van der Waals surface area (Å²) in [7, 11) is 2.99. The van der Waals surface area contributed by atoms with Gasteiger partial charge in [-0.15, -0.1) is 10.2 Å². The number of nitrogens with zero attached hydrogens (tertiary/aromatic N) is 7. The highest BCUT2D eigenvalue weighted by Gasteiger charge is 2.36. The monoisotopic (exact) mass is 537 g/mol. The lowest BCUT2D eigenvalue weighted by Gasteiger charge is -2.15. The molecule has 4 aromatic heterocycles. The molecule has 4 rings (SSSR count). The number of nitrogens with one attached hydrogen (secondary N) is 2.